The SMILES string of the molecule is O=C(CCc1ccccc1)Cn1ccnc1CS(=O)[O-]. The van der Waals surface area contributed by atoms with Gasteiger partial charge in [0.05, 0.1) is 12.3 Å². The monoisotopic (exact) mass is 291 g/mol. The van der Waals surface area contributed by atoms with Crippen LogP contribution >= 0.6 is 0 Å². The highest BCUT2D eigenvalue weighted by Gasteiger charge is 2.08. The topological polar surface area (TPSA) is 75.0 Å². The molecule has 0 bridgehead atoms. The van der Waals surface area contributed by atoms with Gasteiger partial charge in [0.15, 0.2) is 5.78 Å². The zero-order valence-electron chi connectivity index (χ0n) is 10.9. The number of carbonyl (C=O) groups excluding carboxylic acids is 1. The van der Waals surface area contributed by atoms with E-state index in [1.165, 1.54) is 6.20 Å². The number of hydrogen-bond donors (Lipinski definition) is 0. The van der Waals surface area contributed by atoms with Crippen LogP contribution in [0.4, 0.5) is 0 Å². The van der Waals surface area contributed by atoms with E-state index in [1.54, 1.807) is 10.8 Å². The lowest BCUT2D eigenvalue weighted by Crippen LogP contribution is -2.14. The number of aromatic nitrogens is 2. The van der Waals surface area contributed by atoms with Gasteiger partial charge in [0.2, 0.25) is 0 Å². The van der Waals surface area contributed by atoms with Crippen molar-refractivity contribution in [2.24, 2.45) is 0 Å². The van der Waals surface area contributed by atoms with Crippen molar-refractivity contribution in [3.63, 3.8) is 0 Å². The predicted molar refractivity (Wildman–Crippen MR) is 74.6 cm³/mol. The molecule has 0 N–H and O–H groups in total. The van der Waals surface area contributed by atoms with Gasteiger partial charge < -0.3 is 9.12 Å². The van der Waals surface area contributed by atoms with Crippen LogP contribution in [0.1, 0.15) is 17.8 Å². The molecular formula is C14H15N2O3S-. The van der Waals surface area contributed by atoms with Crippen molar-refractivity contribution in [1.29, 1.82) is 0 Å². The van der Waals surface area contributed by atoms with Crippen LogP contribution in [-0.2, 0) is 34.6 Å². The van der Waals surface area contributed by atoms with Crippen molar-refractivity contribution in [3.8, 4) is 0 Å². The first-order valence-corrected chi connectivity index (χ1v) is 7.51. The molecule has 5 nitrogen and oxygen atoms in total. The summed E-state index contributed by atoms with van der Waals surface area (Å²) in [6.07, 6.45) is 4.26. The molecule has 20 heavy (non-hydrogen) atoms. The Bertz CT molecular complexity index is 595. The Hall–Kier alpha value is -1.79. The number of Topliss-reactive ketones (excluding diaryl/α,β-unsaturated/α-hetero) is 1. The van der Waals surface area contributed by atoms with Gasteiger partial charge in [-0.25, -0.2) is 4.98 Å². The third kappa shape index (κ3) is 4.40. The summed E-state index contributed by atoms with van der Waals surface area (Å²) in [6, 6.07) is 9.79. The molecule has 1 atom stereocenters. The molecule has 1 unspecified atom stereocenters. The molecule has 0 aliphatic heterocycles. The Morgan fingerprint density at radius 1 is 1.30 bits per heavy atom. The lowest BCUT2D eigenvalue weighted by Gasteiger charge is -2.08. The van der Waals surface area contributed by atoms with Crippen molar-refractivity contribution < 1.29 is 13.6 Å². The van der Waals surface area contributed by atoms with Crippen LogP contribution in [0.15, 0.2) is 42.7 Å². The Kier molecular flexibility index (Phi) is 5.20. The fourth-order valence-electron chi connectivity index (χ4n) is 1.93. The van der Waals surface area contributed by atoms with E-state index < -0.39 is 11.1 Å². The molecule has 0 amide bonds. The van der Waals surface area contributed by atoms with Gasteiger partial charge in [0.25, 0.3) is 0 Å². The minimum absolute atomic E-state index is 0.0600. The molecule has 0 radical (unpaired) electrons. The van der Waals surface area contributed by atoms with Gasteiger partial charge in [-0.1, -0.05) is 30.3 Å². The molecule has 0 saturated carbocycles. The minimum atomic E-state index is -2.20. The molecule has 2 aromatic rings. The number of hydrogen-bond acceptors (Lipinski definition) is 4. The summed E-state index contributed by atoms with van der Waals surface area (Å²) in [7, 11) is 0. The second kappa shape index (κ2) is 7.12. The molecule has 1 aromatic heterocycles. The Labute approximate surface area is 119 Å². The van der Waals surface area contributed by atoms with Gasteiger partial charge in [-0.3, -0.25) is 9.00 Å². The standard InChI is InChI=1S/C14H16N2O3S/c17-13(7-6-12-4-2-1-3-5-12)10-16-9-8-15-14(16)11-20(18)19/h1-5,8-9H,6-7,10-11H2,(H,18,19)/p-1. The van der Waals surface area contributed by atoms with Gasteiger partial charge in [0, 0.05) is 18.8 Å². The smallest absolute Gasteiger partial charge is 0.152 e. The summed E-state index contributed by atoms with van der Waals surface area (Å²) in [5, 5.41) is 0. The molecule has 0 saturated heterocycles. The fourth-order valence-corrected chi connectivity index (χ4v) is 2.38. The van der Waals surface area contributed by atoms with Gasteiger partial charge in [0.1, 0.15) is 5.82 Å². The minimum Gasteiger partial charge on any atom is -0.772 e. The van der Waals surface area contributed by atoms with Crippen molar-refractivity contribution in [2.45, 2.75) is 25.1 Å². The average molecular weight is 291 g/mol. The predicted octanol–water partition coefficient (Wildman–Crippen LogP) is 1.46. The lowest BCUT2D eigenvalue weighted by molar-refractivity contribution is -0.119. The molecule has 0 aliphatic rings. The fraction of sp³-hybridized carbons (Fsp3) is 0.286. The maximum Gasteiger partial charge on any atom is 0.152 e. The van der Waals surface area contributed by atoms with E-state index in [4.69, 9.17) is 0 Å². The zero-order chi connectivity index (χ0) is 14.4. The molecule has 1 aromatic carbocycles. The first kappa shape index (κ1) is 14.6. The summed E-state index contributed by atoms with van der Waals surface area (Å²) < 4.78 is 22.9. The largest absolute Gasteiger partial charge is 0.772 e. The number of nitrogens with zero attached hydrogens (tertiary/aromatic N) is 2. The summed E-state index contributed by atoms with van der Waals surface area (Å²) in [5.74, 6) is 0.287. The number of aryl methyl sites for hydroxylation is 1. The van der Waals surface area contributed by atoms with Crippen LogP contribution in [-0.4, -0.2) is 24.1 Å². The molecule has 2 rings (SSSR count). The second-order valence-corrected chi connectivity index (χ2v) is 5.34. The number of imidazole rings is 1. The molecule has 0 aliphatic carbocycles. The van der Waals surface area contributed by atoms with Gasteiger partial charge in [-0.2, -0.15) is 0 Å². The highest BCUT2D eigenvalue weighted by molar-refractivity contribution is 7.78. The number of rotatable bonds is 7. The highest BCUT2D eigenvalue weighted by atomic mass is 32.2. The number of ketones is 1. The van der Waals surface area contributed by atoms with E-state index in [9.17, 15) is 13.6 Å². The van der Waals surface area contributed by atoms with E-state index >= 15 is 0 Å². The summed E-state index contributed by atoms with van der Waals surface area (Å²) in [6.45, 7) is 0.166. The quantitative estimate of drug-likeness (QED) is 0.724. The average Bonchev–Trinajstić information content (AvgIpc) is 2.84. The Morgan fingerprint density at radius 2 is 2.05 bits per heavy atom. The van der Waals surface area contributed by atoms with E-state index in [2.05, 4.69) is 4.98 Å². The van der Waals surface area contributed by atoms with Gasteiger partial charge in [-0.05, 0) is 23.1 Å². The van der Waals surface area contributed by atoms with Gasteiger partial charge >= 0.3 is 0 Å². The third-order valence-corrected chi connectivity index (χ3v) is 3.42. The number of carbonyl (C=O) groups is 1. The summed E-state index contributed by atoms with van der Waals surface area (Å²) >= 11 is -2.20. The van der Waals surface area contributed by atoms with Crippen LogP contribution in [0.5, 0.6) is 0 Å². The van der Waals surface area contributed by atoms with Gasteiger partial charge in [-0.15, -0.1) is 0 Å². The van der Waals surface area contributed by atoms with E-state index in [1.807, 2.05) is 30.3 Å². The first-order valence-electron chi connectivity index (χ1n) is 6.26. The molecule has 0 fully saturated rings. The number of benzene rings is 1. The normalized spacial score (nSPS) is 12.2. The van der Waals surface area contributed by atoms with Crippen molar-refractivity contribution in [1.82, 2.24) is 9.55 Å². The van der Waals surface area contributed by atoms with Crippen molar-refractivity contribution in [2.75, 3.05) is 0 Å². The van der Waals surface area contributed by atoms with Crippen LogP contribution in [0.3, 0.4) is 0 Å². The van der Waals surface area contributed by atoms with Crippen LogP contribution in [0.25, 0.3) is 0 Å². The second-order valence-electron chi connectivity index (χ2n) is 4.44. The summed E-state index contributed by atoms with van der Waals surface area (Å²) in [4.78, 5) is 15.9. The van der Waals surface area contributed by atoms with Crippen molar-refractivity contribution >= 4 is 16.9 Å². The van der Waals surface area contributed by atoms with Crippen molar-refractivity contribution in [3.05, 3.63) is 54.1 Å². The molecule has 6 heteroatoms. The highest BCUT2D eigenvalue weighted by Crippen LogP contribution is 2.06. The van der Waals surface area contributed by atoms with E-state index in [0.29, 0.717) is 18.7 Å². The Morgan fingerprint density at radius 3 is 2.75 bits per heavy atom. The first-order chi connectivity index (χ1) is 9.65. The maximum absolute atomic E-state index is 11.9. The molecule has 0 spiro atoms. The molecule has 1 heterocycles. The lowest BCUT2D eigenvalue weighted by atomic mass is 10.1. The molecule has 106 valence electrons. The van der Waals surface area contributed by atoms with Crippen LogP contribution in [0, 0.1) is 0 Å². The Balaban J connectivity index is 1.88. The van der Waals surface area contributed by atoms with Crippen LogP contribution < -0.4 is 0 Å². The summed E-state index contributed by atoms with van der Waals surface area (Å²) in [5.41, 5.74) is 1.12. The third-order valence-electron chi connectivity index (χ3n) is 2.93. The van der Waals surface area contributed by atoms with E-state index in [0.717, 1.165) is 5.56 Å². The zero-order valence-corrected chi connectivity index (χ0v) is 11.7. The van der Waals surface area contributed by atoms with E-state index in [-0.39, 0.29) is 18.1 Å². The van der Waals surface area contributed by atoms with Crippen LogP contribution in [0.2, 0.25) is 0 Å². The maximum atomic E-state index is 11.9. The molecular weight excluding hydrogens is 276 g/mol.